The Labute approximate surface area is 118 Å². The van der Waals surface area contributed by atoms with Crippen LogP contribution in [0.2, 0.25) is 0 Å². The molecule has 2 rings (SSSR count). The Morgan fingerprint density at radius 3 is 2.80 bits per heavy atom. The van der Waals surface area contributed by atoms with Crippen molar-refractivity contribution in [2.24, 2.45) is 21.9 Å². The standard InChI is InChI=1S/C15H19N3O2/c1-15(2,9-19)11(7-16)14(17)18-12-8-20-13-6-4-3-5-10(12)13/h3-7,9,12H,8,16H2,1-2H3,(H2,17,18)/b11-7+. The zero-order valence-electron chi connectivity index (χ0n) is 11.7. The van der Waals surface area contributed by atoms with Gasteiger partial charge in [-0.15, -0.1) is 0 Å². The van der Waals surface area contributed by atoms with Crippen molar-refractivity contribution in [1.82, 2.24) is 0 Å². The molecule has 5 heteroatoms. The van der Waals surface area contributed by atoms with E-state index in [1.165, 1.54) is 6.20 Å². The molecule has 1 aliphatic rings. The second-order valence-electron chi connectivity index (χ2n) is 5.30. The van der Waals surface area contributed by atoms with Gasteiger partial charge in [0.05, 0.1) is 5.41 Å². The Balaban J connectivity index is 2.30. The smallest absolute Gasteiger partial charge is 0.130 e. The number of ether oxygens (including phenoxy) is 1. The maximum Gasteiger partial charge on any atom is 0.130 e. The van der Waals surface area contributed by atoms with E-state index in [-0.39, 0.29) is 11.9 Å². The molecule has 106 valence electrons. The highest BCUT2D eigenvalue weighted by atomic mass is 16.5. The number of hydrogen-bond acceptors (Lipinski definition) is 4. The average molecular weight is 273 g/mol. The van der Waals surface area contributed by atoms with Crippen LogP contribution in [0, 0.1) is 5.41 Å². The van der Waals surface area contributed by atoms with Crippen LogP contribution in [0.1, 0.15) is 25.5 Å². The SMILES string of the molecule is CC(C)(C=O)/C(=C/N)C(N)=NC1COc2ccccc21. The monoisotopic (exact) mass is 273 g/mol. The molecule has 0 bridgehead atoms. The van der Waals surface area contributed by atoms with E-state index in [0.717, 1.165) is 17.6 Å². The van der Waals surface area contributed by atoms with Crippen LogP contribution in [-0.2, 0) is 4.79 Å². The second kappa shape index (κ2) is 5.36. The molecule has 1 unspecified atom stereocenters. The summed E-state index contributed by atoms with van der Waals surface area (Å²) >= 11 is 0. The Kier molecular flexibility index (Phi) is 3.79. The molecule has 0 saturated carbocycles. The maximum absolute atomic E-state index is 11.1. The molecule has 5 nitrogen and oxygen atoms in total. The Morgan fingerprint density at radius 2 is 2.15 bits per heavy atom. The summed E-state index contributed by atoms with van der Waals surface area (Å²) in [6, 6.07) is 7.54. The number of aliphatic imine (C=N–C) groups is 1. The van der Waals surface area contributed by atoms with E-state index in [2.05, 4.69) is 4.99 Å². The molecule has 1 aromatic carbocycles. The molecule has 0 fully saturated rings. The van der Waals surface area contributed by atoms with Gasteiger partial charge in [-0.3, -0.25) is 4.99 Å². The molecule has 0 radical (unpaired) electrons. The summed E-state index contributed by atoms with van der Waals surface area (Å²) in [6.07, 6.45) is 2.15. The predicted molar refractivity (Wildman–Crippen MR) is 78.4 cm³/mol. The third-order valence-corrected chi connectivity index (χ3v) is 3.40. The van der Waals surface area contributed by atoms with Gasteiger partial charge in [0, 0.05) is 17.3 Å². The average Bonchev–Trinajstić information content (AvgIpc) is 2.83. The highest BCUT2D eigenvalue weighted by molar-refractivity contribution is 6.01. The Hall–Kier alpha value is -2.30. The highest BCUT2D eigenvalue weighted by Crippen LogP contribution is 2.35. The van der Waals surface area contributed by atoms with Gasteiger partial charge in [0.15, 0.2) is 0 Å². The van der Waals surface area contributed by atoms with E-state index in [9.17, 15) is 4.79 Å². The minimum Gasteiger partial charge on any atom is -0.491 e. The summed E-state index contributed by atoms with van der Waals surface area (Å²) < 4.78 is 5.55. The van der Waals surface area contributed by atoms with Gasteiger partial charge < -0.3 is 21.0 Å². The van der Waals surface area contributed by atoms with Crippen LogP contribution in [0.15, 0.2) is 41.0 Å². The minimum absolute atomic E-state index is 0.163. The first-order chi connectivity index (χ1) is 9.49. The minimum atomic E-state index is -0.763. The van der Waals surface area contributed by atoms with Crippen molar-refractivity contribution in [1.29, 1.82) is 0 Å². The number of rotatable bonds is 4. The molecule has 0 saturated heterocycles. The number of carbonyl (C=O) groups is 1. The normalized spacial score (nSPS) is 19.4. The molecule has 1 atom stereocenters. The van der Waals surface area contributed by atoms with E-state index < -0.39 is 5.41 Å². The van der Waals surface area contributed by atoms with Crippen LogP contribution < -0.4 is 16.2 Å². The fourth-order valence-corrected chi connectivity index (χ4v) is 2.18. The predicted octanol–water partition coefficient (Wildman–Crippen LogP) is 1.54. The molecule has 0 aromatic heterocycles. The van der Waals surface area contributed by atoms with Gasteiger partial charge >= 0.3 is 0 Å². The first-order valence-corrected chi connectivity index (χ1v) is 6.43. The first kappa shape index (κ1) is 14.1. The molecule has 4 N–H and O–H groups in total. The Bertz CT molecular complexity index is 576. The third-order valence-electron chi connectivity index (χ3n) is 3.40. The van der Waals surface area contributed by atoms with E-state index in [0.29, 0.717) is 12.2 Å². The van der Waals surface area contributed by atoms with Crippen molar-refractivity contribution in [3.8, 4) is 5.75 Å². The largest absolute Gasteiger partial charge is 0.491 e. The van der Waals surface area contributed by atoms with Crippen molar-refractivity contribution in [3.63, 3.8) is 0 Å². The molecule has 1 aliphatic heterocycles. The number of hydrogen-bond donors (Lipinski definition) is 2. The zero-order chi connectivity index (χ0) is 14.8. The fourth-order valence-electron chi connectivity index (χ4n) is 2.18. The fraction of sp³-hybridized carbons (Fsp3) is 0.333. The molecule has 0 aliphatic carbocycles. The van der Waals surface area contributed by atoms with Gasteiger partial charge in [-0.05, 0) is 19.9 Å². The third kappa shape index (κ3) is 2.52. The molecular weight excluding hydrogens is 254 g/mol. The van der Waals surface area contributed by atoms with Gasteiger partial charge in [-0.2, -0.15) is 0 Å². The highest BCUT2D eigenvalue weighted by Gasteiger charge is 2.28. The lowest BCUT2D eigenvalue weighted by Gasteiger charge is -2.21. The topological polar surface area (TPSA) is 90.7 Å². The second-order valence-corrected chi connectivity index (χ2v) is 5.30. The van der Waals surface area contributed by atoms with Crippen molar-refractivity contribution in [2.45, 2.75) is 19.9 Å². The van der Waals surface area contributed by atoms with Crippen LogP contribution >= 0.6 is 0 Å². The van der Waals surface area contributed by atoms with Gasteiger partial charge in [0.2, 0.25) is 0 Å². The van der Waals surface area contributed by atoms with Crippen molar-refractivity contribution in [3.05, 3.63) is 41.6 Å². The summed E-state index contributed by atoms with van der Waals surface area (Å²) in [5, 5.41) is 0. The number of carbonyl (C=O) groups excluding carboxylic acids is 1. The summed E-state index contributed by atoms with van der Waals surface area (Å²) in [7, 11) is 0. The van der Waals surface area contributed by atoms with Gasteiger partial charge in [0.25, 0.3) is 0 Å². The molecule has 1 heterocycles. The molecule has 1 aromatic rings. The lowest BCUT2D eigenvalue weighted by molar-refractivity contribution is -0.113. The summed E-state index contributed by atoms with van der Waals surface area (Å²) in [5.74, 6) is 1.09. The lowest BCUT2D eigenvalue weighted by atomic mass is 9.85. The summed E-state index contributed by atoms with van der Waals surface area (Å²) in [4.78, 5) is 15.6. The van der Waals surface area contributed by atoms with E-state index >= 15 is 0 Å². The van der Waals surface area contributed by atoms with Gasteiger partial charge in [-0.1, -0.05) is 18.2 Å². The van der Waals surface area contributed by atoms with Gasteiger partial charge in [0.1, 0.15) is 30.5 Å². The van der Waals surface area contributed by atoms with Crippen molar-refractivity contribution >= 4 is 12.1 Å². The number of benzene rings is 1. The van der Waals surface area contributed by atoms with Crippen LogP contribution in [0.5, 0.6) is 5.75 Å². The molecular formula is C15H19N3O2. The van der Waals surface area contributed by atoms with Crippen LogP contribution in [0.3, 0.4) is 0 Å². The van der Waals surface area contributed by atoms with Crippen LogP contribution in [0.25, 0.3) is 0 Å². The number of nitrogens with two attached hydrogens (primary N) is 2. The summed E-state index contributed by atoms with van der Waals surface area (Å²) in [5.41, 5.74) is 12.4. The first-order valence-electron chi connectivity index (χ1n) is 6.43. The Morgan fingerprint density at radius 1 is 1.45 bits per heavy atom. The lowest BCUT2D eigenvalue weighted by Crippen LogP contribution is -2.29. The number of amidine groups is 1. The van der Waals surface area contributed by atoms with Crippen LogP contribution in [0.4, 0.5) is 0 Å². The van der Waals surface area contributed by atoms with E-state index in [1.54, 1.807) is 13.8 Å². The van der Waals surface area contributed by atoms with E-state index in [1.807, 2.05) is 24.3 Å². The number of nitrogens with zero attached hydrogens (tertiary/aromatic N) is 1. The molecule has 0 spiro atoms. The quantitative estimate of drug-likeness (QED) is 0.494. The van der Waals surface area contributed by atoms with Crippen molar-refractivity contribution in [2.75, 3.05) is 6.61 Å². The van der Waals surface area contributed by atoms with Crippen molar-refractivity contribution < 1.29 is 9.53 Å². The molecule has 0 amide bonds. The van der Waals surface area contributed by atoms with Gasteiger partial charge in [-0.25, -0.2) is 0 Å². The number of para-hydroxylation sites is 1. The maximum atomic E-state index is 11.1. The van der Waals surface area contributed by atoms with E-state index in [4.69, 9.17) is 16.2 Å². The number of aldehydes is 1. The van der Waals surface area contributed by atoms with Crippen LogP contribution in [-0.4, -0.2) is 18.7 Å². The number of fused-ring (bicyclic) bond motifs is 1. The summed E-state index contributed by atoms with van der Waals surface area (Å²) in [6.45, 7) is 3.94. The molecule has 20 heavy (non-hydrogen) atoms. The zero-order valence-corrected chi connectivity index (χ0v) is 11.7.